The van der Waals surface area contributed by atoms with Crippen LogP contribution in [0, 0.1) is 5.82 Å². The zero-order valence-corrected chi connectivity index (χ0v) is 12.2. The van der Waals surface area contributed by atoms with E-state index in [0.717, 1.165) is 24.6 Å². The maximum absolute atomic E-state index is 12.7. The van der Waals surface area contributed by atoms with Crippen LogP contribution in [0.4, 0.5) is 4.39 Å². The molecule has 2 aromatic rings. The van der Waals surface area contributed by atoms with Crippen LogP contribution in [0.2, 0.25) is 5.02 Å². The number of rotatable bonds is 3. The van der Waals surface area contributed by atoms with Crippen LogP contribution < -0.4 is 4.74 Å². The number of ether oxygens (including phenoxy) is 1. The van der Waals surface area contributed by atoms with Gasteiger partial charge in [-0.1, -0.05) is 11.6 Å². The van der Waals surface area contributed by atoms with Gasteiger partial charge in [-0.2, -0.15) is 0 Å². The normalized spacial score (nSPS) is 11.2. The van der Waals surface area contributed by atoms with Crippen LogP contribution in [0.5, 0.6) is 5.75 Å². The number of carbonyl (C=O) groups is 1. The molecule has 2 rings (SSSR count). The smallest absolute Gasteiger partial charge is 0.364 e. The van der Waals surface area contributed by atoms with E-state index in [9.17, 15) is 17.6 Å². The largest absolute Gasteiger partial charge is 0.422 e. The van der Waals surface area contributed by atoms with Gasteiger partial charge in [-0.3, -0.25) is 0 Å². The molecule has 21 heavy (non-hydrogen) atoms. The third-order valence-corrected chi connectivity index (χ3v) is 3.41. The molecule has 0 spiro atoms. The van der Waals surface area contributed by atoms with Crippen molar-refractivity contribution in [2.45, 2.75) is 5.16 Å². The number of hydrogen-bond donors (Lipinski definition) is 0. The molecule has 0 N–H and O–H groups in total. The molecule has 1 aromatic heterocycles. The molecule has 0 aliphatic carbocycles. The highest BCUT2D eigenvalue weighted by Gasteiger charge is 2.20. The predicted octanol–water partition coefficient (Wildman–Crippen LogP) is 1.89. The number of halogens is 2. The molecule has 0 atom stereocenters. The lowest BCUT2D eigenvalue weighted by Gasteiger charge is -2.06. The monoisotopic (exact) mass is 330 g/mol. The van der Waals surface area contributed by atoms with Crippen LogP contribution in [0.15, 0.2) is 35.6 Å². The first-order valence-corrected chi connectivity index (χ1v) is 7.74. The summed E-state index contributed by atoms with van der Waals surface area (Å²) in [4.78, 5) is 19.0. The standard InChI is InChI=1S/C12H8ClFN2O4S/c1-21(18,19)12-15-6-9(13)10(16-12)11(17)20-8-4-2-7(14)3-5-8/h2-6H,1H3. The average Bonchev–Trinajstić information content (AvgIpc) is 2.40. The quantitative estimate of drug-likeness (QED) is 0.485. The zero-order valence-electron chi connectivity index (χ0n) is 10.6. The Balaban J connectivity index is 2.32. The zero-order chi connectivity index (χ0) is 15.6. The lowest BCUT2D eigenvalue weighted by molar-refractivity contribution is 0.0727. The summed E-state index contributed by atoms with van der Waals surface area (Å²) >= 11 is 5.75. The van der Waals surface area contributed by atoms with E-state index in [-0.39, 0.29) is 10.8 Å². The summed E-state index contributed by atoms with van der Waals surface area (Å²) in [5, 5.41) is -0.701. The topological polar surface area (TPSA) is 86.2 Å². The van der Waals surface area contributed by atoms with Crippen molar-refractivity contribution in [1.82, 2.24) is 9.97 Å². The van der Waals surface area contributed by atoms with Gasteiger partial charge in [-0.05, 0) is 24.3 Å². The summed E-state index contributed by atoms with van der Waals surface area (Å²) in [6.45, 7) is 0. The van der Waals surface area contributed by atoms with E-state index in [1.54, 1.807) is 0 Å². The summed E-state index contributed by atoms with van der Waals surface area (Å²) < 4.78 is 40.4. The number of sulfone groups is 1. The van der Waals surface area contributed by atoms with E-state index in [0.29, 0.717) is 0 Å². The van der Waals surface area contributed by atoms with E-state index in [2.05, 4.69) is 9.97 Å². The number of benzene rings is 1. The number of carbonyl (C=O) groups excluding carboxylic acids is 1. The van der Waals surface area contributed by atoms with Gasteiger partial charge in [-0.25, -0.2) is 27.6 Å². The third kappa shape index (κ3) is 3.73. The van der Waals surface area contributed by atoms with Crippen molar-refractivity contribution in [3.05, 3.63) is 47.0 Å². The Labute approximate surface area is 124 Å². The highest BCUT2D eigenvalue weighted by molar-refractivity contribution is 7.90. The molecule has 0 aliphatic heterocycles. The number of hydrogen-bond acceptors (Lipinski definition) is 6. The van der Waals surface area contributed by atoms with Crippen LogP contribution in [0.1, 0.15) is 10.5 Å². The fourth-order valence-corrected chi connectivity index (χ4v) is 2.00. The van der Waals surface area contributed by atoms with Crippen molar-refractivity contribution in [3.8, 4) is 5.75 Å². The van der Waals surface area contributed by atoms with Crippen LogP contribution >= 0.6 is 11.6 Å². The van der Waals surface area contributed by atoms with E-state index >= 15 is 0 Å². The number of nitrogens with zero attached hydrogens (tertiary/aromatic N) is 2. The van der Waals surface area contributed by atoms with Gasteiger partial charge in [0.2, 0.25) is 15.0 Å². The molecule has 0 unspecified atom stereocenters. The predicted molar refractivity (Wildman–Crippen MR) is 71.5 cm³/mol. The second-order valence-electron chi connectivity index (χ2n) is 3.96. The first-order chi connectivity index (χ1) is 9.77. The fourth-order valence-electron chi connectivity index (χ4n) is 1.33. The molecule has 0 amide bonds. The van der Waals surface area contributed by atoms with Crippen molar-refractivity contribution in [1.29, 1.82) is 0 Å². The van der Waals surface area contributed by atoms with Crippen LogP contribution in [-0.4, -0.2) is 30.6 Å². The molecule has 110 valence electrons. The molecule has 0 saturated carbocycles. The lowest BCUT2D eigenvalue weighted by atomic mass is 10.3. The average molecular weight is 331 g/mol. The van der Waals surface area contributed by atoms with Crippen molar-refractivity contribution in [3.63, 3.8) is 0 Å². The summed E-state index contributed by atoms with van der Waals surface area (Å²) in [5.74, 6) is -1.40. The highest BCUT2D eigenvalue weighted by Crippen LogP contribution is 2.18. The molecular formula is C12H8ClFN2O4S. The summed E-state index contributed by atoms with van der Waals surface area (Å²) in [6, 6.07) is 4.68. The molecule has 0 saturated heterocycles. The molecule has 6 nitrogen and oxygen atoms in total. The second-order valence-corrected chi connectivity index (χ2v) is 6.28. The van der Waals surface area contributed by atoms with Gasteiger partial charge in [0.1, 0.15) is 11.6 Å². The minimum Gasteiger partial charge on any atom is -0.422 e. The Morgan fingerprint density at radius 3 is 2.48 bits per heavy atom. The van der Waals surface area contributed by atoms with Gasteiger partial charge in [0.05, 0.1) is 11.2 Å². The fraction of sp³-hybridized carbons (Fsp3) is 0.0833. The van der Waals surface area contributed by atoms with Gasteiger partial charge in [0, 0.05) is 6.26 Å². The van der Waals surface area contributed by atoms with Gasteiger partial charge in [0.25, 0.3) is 0 Å². The molecule has 0 radical (unpaired) electrons. The van der Waals surface area contributed by atoms with Crippen LogP contribution in [0.25, 0.3) is 0 Å². The van der Waals surface area contributed by atoms with E-state index in [4.69, 9.17) is 16.3 Å². The SMILES string of the molecule is CS(=O)(=O)c1ncc(Cl)c(C(=O)Oc2ccc(F)cc2)n1. The second kappa shape index (κ2) is 5.74. The first-order valence-electron chi connectivity index (χ1n) is 5.48. The van der Waals surface area contributed by atoms with Gasteiger partial charge in [0.15, 0.2) is 5.69 Å². The van der Waals surface area contributed by atoms with Crippen LogP contribution in [-0.2, 0) is 9.84 Å². The molecule has 0 bridgehead atoms. The molecule has 0 fully saturated rings. The number of esters is 1. The van der Waals surface area contributed by atoms with Gasteiger partial charge >= 0.3 is 5.97 Å². The lowest BCUT2D eigenvalue weighted by Crippen LogP contribution is -2.15. The van der Waals surface area contributed by atoms with E-state index in [1.165, 1.54) is 12.1 Å². The van der Waals surface area contributed by atoms with Gasteiger partial charge in [-0.15, -0.1) is 0 Å². The Morgan fingerprint density at radius 2 is 1.90 bits per heavy atom. The Kier molecular flexibility index (Phi) is 4.19. The summed E-state index contributed by atoms with van der Waals surface area (Å²) in [5.41, 5.74) is -0.392. The van der Waals surface area contributed by atoms with Crippen molar-refractivity contribution in [2.75, 3.05) is 6.26 Å². The summed E-state index contributed by atoms with van der Waals surface area (Å²) in [6.07, 6.45) is 1.89. The maximum atomic E-state index is 12.7. The van der Waals surface area contributed by atoms with Crippen molar-refractivity contribution >= 4 is 27.4 Å². The highest BCUT2D eigenvalue weighted by atomic mass is 35.5. The molecule has 9 heteroatoms. The van der Waals surface area contributed by atoms with Crippen molar-refractivity contribution in [2.24, 2.45) is 0 Å². The van der Waals surface area contributed by atoms with E-state index < -0.39 is 32.5 Å². The van der Waals surface area contributed by atoms with E-state index in [1.807, 2.05) is 0 Å². The molecule has 1 heterocycles. The Bertz CT molecular complexity index is 793. The molecular weight excluding hydrogens is 323 g/mol. The first kappa shape index (κ1) is 15.3. The summed E-state index contributed by atoms with van der Waals surface area (Å²) in [7, 11) is -3.69. The third-order valence-electron chi connectivity index (χ3n) is 2.27. The maximum Gasteiger partial charge on any atom is 0.364 e. The minimum absolute atomic E-state index is 0.0667. The minimum atomic E-state index is -3.69. The molecule has 1 aromatic carbocycles. The Morgan fingerprint density at radius 1 is 1.29 bits per heavy atom. The Hall–Kier alpha value is -2.06. The molecule has 0 aliphatic rings. The van der Waals surface area contributed by atoms with Crippen molar-refractivity contribution < 1.29 is 22.3 Å². The van der Waals surface area contributed by atoms with Crippen LogP contribution in [0.3, 0.4) is 0 Å². The van der Waals surface area contributed by atoms with Gasteiger partial charge < -0.3 is 4.74 Å². The number of aromatic nitrogens is 2.